The maximum atomic E-state index is 11.8. The summed E-state index contributed by atoms with van der Waals surface area (Å²) in [6.45, 7) is 4.51. The number of hydrogen-bond donors (Lipinski definition) is 2. The maximum absolute atomic E-state index is 11.8. The molecule has 1 amide bonds. The smallest absolute Gasteiger partial charge is 0.306 e. The zero-order chi connectivity index (χ0) is 17.9. The first kappa shape index (κ1) is 20.9. The fraction of sp³-hybridized carbons (Fsp3) is 0.579. The van der Waals surface area contributed by atoms with Gasteiger partial charge in [-0.2, -0.15) is 0 Å². The van der Waals surface area contributed by atoms with E-state index < -0.39 is 5.97 Å². The molecule has 0 saturated carbocycles. The summed E-state index contributed by atoms with van der Waals surface area (Å²) in [7, 11) is 0. The van der Waals surface area contributed by atoms with Gasteiger partial charge in [0.15, 0.2) is 0 Å². The Morgan fingerprint density at radius 3 is 2.38 bits per heavy atom. The average molecular weight is 445 g/mol. The summed E-state index contributed by atoms with van der Waals surface area (Å²) in [5.74, 6) is -0.767. The van der Waals surface area contributed by atoms with Gasteiger partial charge < -0.3 is 10.4 Å². The van der Waals surface area contributed by atoms with Crippen LogP contribution in [0.25, 0.3) is 0 Å². The third-order valence-electron chi connectivity index (χ3n) is 4.17. The first-order chi connectivity index (χ1) is 11.4. The number of carboxylic acid groups (broad SMARTS) is 1. The lowest BCUT2D eigenvalue weighted by molar-refractivity contribution is -0.143. The summed E-state index contributed by atoms with van der Waals surface area (Å²) < 4.78 is 1.22. The quantitative estimate of drug-likeness (QED) is 0.395. The lowest BCUT2D eigenvalue weighted by Gasteiger charge is -2.15. The molecule has 0 fully saturated rings. The Hall–Kier alpha value is -1.11. The highest BCUT2D eigenvalue weighted by molar-refractivity contribution is 14.1. The molecular weight excluding hydrogens is 417 g/mol. The van der Waals surface area contributed by atoms with Crippen molar-refractivity contribution < 1.29 is 14.7 Å². The van der Waals surface area contributed by atoms with Crippen LogP contribution in [-0.2, 0) is 16.0 Å². The highest BCUT2D eigenvalue weighted by Gasteiger charge is 2.20. The third kappa shape index (κ3) is 8.66. The largest absolute Gasteiger partial charge is 0.481 e. The third-order valence-corrected chi connectivity index (χ3v) is 4.89. The number of benzene rings is 1. The number of rotatable bonds is 11. The number of unbranched alkanes of at least 4 members (excludes halogenated alkanes) is 1. The van der Waals surface area contributed by atoms with E-state index in [0.717, 1.165) is 25.7 Å². The molecule has 0 bridgehead atoms. The molecule has 1 rings (SSSR count). The van der Waals surface area contributed by atoms with E-state index in [-0.39, 0.29) is 17.7 Å². The number of halogens is 1. The Morgan fingerprint density at radius 1 is 1.12 bits per heavy atom. The zero-order valence-electron chi connectivity index (χ0n) is 14.6. The Balaban J connectivity index is 2.09. The second-order valence-corrected chi connectivity index (χ2v) is 7.76. The molecule has 134 valence electrons. The summed E-state index contributed by atoms with van der Waals surface area (Å²) >= 11 is 2.28. The van der Waals surface area contributed by atoms with Crippen molar-refractivity contribution in [3.05, 3.63) is 33.4 Å². The van der Waals surface area contributed by atoms with E-state index in [9.17, 15) is 9.59 Å². The van der Waals surface area contributed by atoms with Crippen LogP contribution >= 0.6 is 22.6 Å². The Bertz CT molecular complexity index is 514. The van der Waals surface area contributed by atoms with Gasteiger partial charge in [0.05, 0.1) is 5.92 Å². The summed E-state index contributed by atoms with van der Waals surface area (Å²) in [6.07, 6.45) is 4.64. The van der Waals surface area contributed by atoms with Gasteiger partial charge in [-0.15, -0.1) is 0 Å². The molecule has 0 aliphatic carbocycles. The lowest BCUT2D eigenvalue weighted by atomic mass is 9.91. The van der Waals surface area contributed by atoms with E-state index >= 15 is 0 Å². The molecule has 0 radical (unpaired) electrons. The summed E-state index contributed by atoms with van der Waals surface area (Å²) in [5, 5.41) is 12.0. The van der Waals surface area contributed by atoms with Crippen molar-refractivity contribution in [2.45, 2.75) is 52.4 Å². The van der Waals surface area contributed by atoms with Crippen LogP contribution in [-0.4, -0.2) is 23.5 Å². The molecule has 0 spiro atoms. The van der Waals surface area contributed by atoms with E-state index in [1.54, 1.807) is 0 Å². The molecule has 1 aromatic rings. The lowest BCUT2D eigenvalue weighted by Crippen LogP contribution is -2.25. The first-order valence-electron chi connectivity index (χ1n) is 8.64. The van der Waals surface area contributed by atoms with Crippen LogP contribution in [0.3, 0.4) is 0 Å². The number of carbonyl (C=O) groups is 2. The van der Waals surface area contributed by atoms with E-state index in [1.807, 2.05) is 13.8 Å². The fourth-order valence-electron chi connectivity index (χ4n) is 2.65. The van der Waals surface area contributed by atoms with Gasteiger partial charge in [0.25, 0.3) is 0 Å². The number of nitrogens with one attached hydrogen (secondary N) is 1. The van der Waals surface area contributed by atoms with Crippen molar-refractivity contribution in [1.82, 2.24) is 5.32 Å². The first-order valence-corrected chi connectivity index (χ1v) is 9.72. The SMILES string of the molecule is CC(C)C(CCCCNC(=O)CCCc1ccc(I)cc1)C(=O)O. The predicted octanol–water partition coefficient (Wildman–Crippen LogP) is 4.26. The molecule has 1 atom stereocenters. The fourth-order valence-corrected chi connectivity index (χ4v) is 3.01. The van der Waals surface area contributed by atoms with Crippen molar-refractivity contribution in [3.8, 4) is 0 Å². The molecular formula is C19H28INO3. The minimum absolute atomic E-state index is 0.0826. The molecule has 1 unspecified atom stereocenters. The van der Waals surface area contributed by atoms with E-state index in [2.05, 4.69) is 52.2 Å². The summed E-state index contributed by atoms with van der Waals surface area (Å²) in [5.41, 5.74) is 1.26. The molecule has 24 heavy (non-hydrogen) atoms. The van der Waals surface area contributed by atoms with Gasteiger partial charge in [-0.25, -0.2) is 0 Å². The topological polar surface area (TPSA) is 66.4 Å². The van der Waals surface area contributed by atoms with Crippen LogP contribution in [0.4, 0.5) is 0 Å². The molecule has 0 aromatic heterocycles. The number of carboxylic acids is 1. The molecule has 2 N–H and O–H groups in total. The van der Waals surface area contributed by atoms with Gasteiger partial charge >= 0.3 is 5.97 Å². The molecule has 0 aliphatic heterocycles. The van der Waals surface area contributed by atoms with E-state index in [4.69, 9.17) is 5.11 Å². The van der Waals surface area contributed by atoms with Crippen LogP contribution in [0, 0.1) is 15.4 Å². The van der Waals surface area contributed by atoms with E-state index in [1.165, 1.54) is 9.13 Å². The highest BCUT2D eigenvalue weighted by atomic mass is 127. The summed E-state index contributed by atoms with van der Waals surface area (Å²) in [4.78, 5) is 22.9. The minimum atomic E-state index is -0.718. The normalized spacial score (nSPS) is 12.2. The standard InChI is InChI=1S/C19H28INO3/c1-14(2)17(19(23)24)7-3-4-13-21-18(22)8-5-6-15-9-11-16(20)12-10-15/h9-12,14,17H,3-8,13H2,1-2H3,(H,21,22)(H,23,24). The maximum Gasteiger partial charge on any atom is 0.306 e. The van der Waals surface area contributed by atoms with Gasteiger partial charge in [-0.05, 0) is 71.9 Å². The monoisotopic (exact) mass is 445 g/mol. The van der Waals surface area contributed by atoms with Crippen LogP contribution in [0.15, 0.2) is 24.3 Å². The molecule has 0 aliphatic rings. The number of hydrogen-bond acceptors (Lipinski definition) is 2. The van der Waals surface area contributed by atoms with Crippen molar-refractivity contribution in [3.63, 3.8) is 0 Å². The van der Waals surface area contributed by atoms with Gasteiger partial charge in [0.2, 0.25) is 5.91 Å². The Labute approximate surface area is 158 Å². The Kier molecular flexibility index (Phi) is 9.98. The van der Waals surface area contributed by atoms with Gasteiger partial charge in [0.1, 0.15) is 0 Å². The number of aliphatic carboxylic acids is 1. The van der Waals surface area contributed by atoms with E-state index in [0.29, 0.717) is 19.4 Å². The van der Waals surface area contributed by atoms with Crippen molar-refractivity contribution >= 4 is 34.5 Å². The number of amides is 1. The van der Waals surface area contributed by atoms with Crippen LogP contribution in [0.1, 0.15) is 51.5 Å². The second-order valence-electron chi connectivity index (χ2n) is 6.51. The van der Waals surface area contributed by atoms with Gasteiger partial charge in [-0.3, -0.25) is 9.59 Å². The molecule has 4 nitrogen and oxygen atoms in total. The predicted molar refractivity (Wildman–Crippen MR) is 105 cm³/mol. The molecule has 1 aromatic carbocycles. The minimum Gasteiger partial charge on any atom is -0.481 e. The summed E-state index contributed by atoms with van der Waals surface area (Å²) in [6, 6.07) is 8.37. The second kappa shape index (κ2) is 11.4. The van der Waals surface area contributed by atoms with Crippen molar-refractivity contribution in [2.75, 3.05) is 6.54 Å². The zero-order valence-corrected chi connectivity index (χ0v) is 16.7. The van der Waals surface area contributed by atoms with Crippen LogP contribution < -0.4 is 5.32 Å². The van der Waals surface area contributed by atoms with Gasteiger partial charge in [-0.1, -0.05) is 32.4 Å². The number of carbonyl (C=O) groups excluding carboxylic acids is 1. The van der Waals surface area contributed by atoms with Crippen molar-refractivity contribution in [1.29, 1.82) is 0 Å². The van der Waals surface area contributed by atoms with Crippen LogP contribution in [0.2, 0.25) is 0 Å². The average Bonchev–Trinajstić information content (AvgIpc) is 2.52. The van der Waals surface area contributed by atoms with Crippen LogP contribution in [0.5, 0.6) is 0 Å². The molecule has 0 heterocycles. The van der Waals surface area contributed by atoms with Gasteiger partial charge in [0, 0.05) is 16.5 Å². The molecule has 0 saturated heterocycles. The Morgan fingerprint density at radius 2 is 1.79 bits per heavy atom. The van der Waals surface area contributed by atoms with Crippen molar-refractivity contribution in [2.24, 2.45) is 11.8 Å². The molecule has 5 heteroatoms. The highest BCUT2D eigenvalue weighted by Crippen LogP contribution is 2.18. The number of aryl methyl sites for hydroxylation is 1.